The van der Waals surface area contributed by atoms with Gasteiger partial charge in [-0.2, -0.15) is 0 Å². The summed E-state index contributed by atoms with van der Waals surface area (Å²) in [4.78, 5) is 2.51. The van der Waals surface area contributed by atoms with Crippen molar-refractivity contribution >= 4 is 15.7 Å². The minimum absolute atomic E-state index is 0.0236. The second kappa shape index (κ2) is 5.94. The van der Waals surface area contributed by atoms with Crippen molar-refractivity contribution in [3.05, 3.63) is 23.8 Å². The Bertz CT molecular complexity index is 605. The SMILES string of the molecule is Cc1ccc(S(=O)(=O)NCC2(C)CCN(C)CC2)cc1N. The van der Waals surface area contributed by atoms with E-state index in [0.29, 0.717) is 12.2 Å². The van der Waals surface area contributed by atoms with Crippen LogP contribution < -0.4 is 10.5 Å². The van der Waals surface area contributed by atoms with E-state index in [2.05, 4.69) is 23.6 Å². The minimum Gasteiger partial charge on any atom is -0.398 e. The zero-order valence-corrected chi connectivity index (χ0v) is 13.8. The van der Waals surface area contributed by atoms with Gasteiger partial charge in [0.25, 0.3) is 0 Å². The summed E-state index contributed by atoms with van der Waals surface area (Å²) >= 11 is 0. The highest BCUT2D eigenvalue weighted by Gasteiger charge is 2.30. The molecule has 0 atom stereocenters. The summed E-state index contributed by atoms with van der Waals surface area (Å²) < 4.78 is 27.5. The third-order valence-electron chi connectivity index (χ3n) is 4.44. The molecule has 2 rings (SSSR count). The Morgan fingerprint density at radius 1 is 1.33 bits per heavy atom. The molecule has 3 N–H and O–H groups in total. The van der Waals surface area contributed by atoms with Gasteiger partial charge in [0.1, 0.15) is 0 Å². The topological polar surface area (TPSA) is 75.4 Å². The van der Waals surface area contributed by atoms with Crippen LogP contribution in [0.3, 0.4) is 0 Å². The monoisotopic (exact) mass is 311 g/mol. The smallest absolute Gasteiger partial charge is 0.240 e. The highest BCUT2D eigenvalue weighted by Crippen LogP contribution is 2.30. The van der Waals surface area contributed by atoms with E-state index in [9.17, 15) is 8.42 Å². The van der Waals surface area contributed by atoms with Gasteiger partial charge in [-0.05, 0) is 63.0 Å². The molecule has 0 aliphatic carbocycles. The van der Waals surface area contributed by atoms with Gasteiger partial charge >= 0.3 is 0 Å². The highest BCUT2D eigenvalue weighted by molar-refractivity contribution is 7.89. The van der Waals surface area contributed by atoms with Crippen LogP contribution in [-0.4, -0.2) is 40.0 Å². The lowest BCUT2D eigenvalue weighted by Crippen LogP contribution is -2.43. The number of nitrogens with two attached hydrogens (primary N) is 1. The van der Waals surface area contributed by atoms with Gasteiger partial charge in [0.05, 0.1) is 4.90 Å². The zero-order valence-electron chi connectivity index (χ0n) is 13.0. The Labute approximate surface area is 127 Å². The maximum Gasteiger partial charge on any atom is 0.240 e. The third-order valence-corrected chi connectivity index (χ3v) is 5.84. The van der Waals surface area contributed by atoms with E-state index in [1.165, 1.54) is 6.07 Å². The van der Waals surface area contributed by atoms with E-state index in [0.717, 1.165) is 31.5 Å². The highest BCUT2D eigenvalue weighted by atomic mass is 32.2. The molecule has 0 saturated carbocycles. The van der Waals surface area contributed by atoms with Crippen LogP contribution in [0.15, 0.2) is 23.1 Å². The number of aryl methyl sites for hydroxylation is 1. The fourth-order valence-corrected chi connectivity index (χ4v) is 3.71. The summed E-state index contributed by atoms with van der Waals surface area (Å²) in [5, 5.41) is 0. The number of rotatable bonds is 4. The van der Waals surface area contributed by atoms with E-state index in [-0.39, 0.29) is 10.3 Å². The van der Waals surface area contributed by atoms with Crippen molar-refractivity contribution in [3.8, 4) is 0 Å². The maximum absolute atomic E-state index is 12.4. The summed E-state index contributed by atoms with van der Waals surface area (Å²) in [5.41, 5.74) is 7.21. The Morgan fingerprint density at radius 2 is 1.95 bits per heavy atom. The predicted molar refractivity (Wildman–Crippen MR) is 85.6 cm³/mol. The van der Waals surface area contributed by atoms with Gasteiger partial charge < -0.3 is 10.6 Å². The van der Waals surface area contributed by atoms with E-state index in [1.54, 1.807) is 12.1 Å². The fourth-order valence-electron chi connectivity index (χ4n) is 2.47. The minimum atomic E-state index is -3.49. The lowest BCUT2D eigenvalue weighted by molar-refractivity contribution is 0.143. The Kier molecular flexibility index (Phi) is 4.60. The lowest BCUT2D eigenvalue weighted by Gasteiger charge is -2.37. The van der Waals surface area contributed by atoms with Crippen molar-refractivity contribution in [1.29, 1.82) is 0 Å². The molecule has 21 heavy (non-hydrogen) atoms. The van der Waals surface area contributed by atoms with E-state index in [4.69, 9.17) is 5.73 Å². The van der Waals surface area contributed by atoms with Crippen molar-refractivity contribution < 1.29 is 8.42 Å². The number of nitrogens with zero attached hydrogens (tertiary/aromatic N) is 1. The van der Waals surface area contributed by atoms with Gasteiger partial charge in [0, 0.05) is 12.2 Å². The van der Waals surface area contributed by atoms with Crippen LogP contribution in [-0.2, 0) is 10.0 Å². The lowest BCUT2D eigenvalue weighted by atomic mass is 9.81. The van der Waals surface area contributed by atoms with Crippen molar-refractivity contribution in [2.75, 3.05) is 32.4 Å². The first-order chi connectivity index (χ1) is 9.72. The summed E-state index contributed by atoms with van der Waals surface area (Å²) in [5.74, 6) is 0. The molecule has 0 bridgehead atoms. The number of sulfonamides is 1. The van der Waals surface area contributed by atoms with E-state index < -0.39 is 10.0 Å². The molecule has 1 heterocycles. The summed E-state index contributed by atoms with van der Waals surface area (Å²) in [6, 6.07) is 4.86. The summed E-state index contributed by atoms with van der Waals surface area (Å²) in [7, 11) is -1.40. The molecule has 1 aliphatic heterocycles. The molecule has 118 valence electrons. The van der Waals surface area contributed by atoms with Gasteiger partial charge in [-0.1, -0.05) is 13.0 Å². The molecule has 1 aliphatic rings. The van der Waals surface area contributed by atoms with Gasteiger partial charge in [0.15, 0.2) is 0 Å². The Morgan fingerprint density at radius 3 is 2.52 bits per heavy atom. The molecule has 5 nitrogen and oxygen atoms in total. The zero-order chi connectivity index (χ0) is 15.7. The van der Waals surface area contributed by atoms with Crippen LogP contribution in [0.25, 0.3) is 0 Å². The molecule has 0 unspecified atom stereocenters. The standard InChI is InChI=1S/C15H25N3O2S/c1-12-4-5-13(10-14(12)16)21(19,20)17-11-15(2)6-8-18(3)9-7-15/h4-5,10,17H,6-9,11,16H2,1-3H3. The normalized spacial score (nSPS) is 19.6. The maximum atomic E-state index is 12.4. The first-order valence-electron chi connectivity index (χ1n) is 7.26. The van der Waals surface area contributed by atoms with Gasteiger partial charge in [-0.15, -0.1) is 0 Å². The van der Waals surface area contributed by atoms with E-state index in [1.807, 2.05) is 6.92 Å². The van der Waals surface area contributed by atoms with Crippen LogP contribution in [0, 0.1) is 12.3 Å². The van der Waals surface area contributed by atoms with Crippen molar-refractivity contribution in [1.82, 2.24) is 9.62 Å². The Balaban J connectivity index is 2.06. The molecule has 1 aromatic rings. The summed E-state index contributed by atoms with van der Waals surface area (Å²) in [6.45, 7) is 6.49. The van der Waals surface area contributed by atoms with Crippen molar-refractivity contribution in [3.63, 3.8) is 0 Å². The van der Waals surface area contributed by atoms with Crippen LogP contribution in [0.1, 0.15) is 25.3 Å². The molecule has 0 radical (unpaired) electrons. The number of likely N-dealkylation sites (tertiary alicyclic amines) is 1. The number of hydrogen-bond donors (Lipinski definition) is 2. The molecule has 1 fully saturated rings. The third kappa shape index (κ3) is 3.96. The largest absolute Gasteiger partial charge is 0.398 e. The number of benzene rings is 1. The van der Waals surface area contributed by atoms with Crippen molar-refractivity contribution in [2.45, 2.75) is 31.6 Å². The number of hydrogen-bond acceptors (Lipinski definition) is 4. The first-order valence-corrected chi connectivity index (χ1v) is 8.75. The predicted octanol–water partition coefficient (Wildman–Crippen LogP) is 1.59. The number of nitrogen functional groups attached to an aromatic ring is 1. The Hall–Kier alpha value is -1.11. The second-order valence-corrected chi connectivity index (χ2v) is 8.22. The second-order valence-electron chi connectivity index (χ2n) is 6.46. The molecule has 0 aromatic heterocycles. The number of anilines is 1. The average molecular weight is 311 g/mol. The molecule has 0 spiro atoms. The van der Waals surface area contributed by atoms with Gasteiger partial charge in [-0.25, -0.2) is 13.1 Å². The number of nitrogens with one attached hydrogen (secondary N) is 1. The molecule has 0 amide bonds. The van der Waals surface area contributed by atoms with Crippen LogP contribution in [0.5, 0.6) is 0 Å². The molecular weight excluding hydrogens is 286 g/mol. The van der Waals surface area contributed by atoms with Crippen molar-refractivity contribution in [2.24, 2.45) is 5.41 Å². The molecule has 1 saturated heterocycles. The fraction of sp³-hybridized carbons (Fsp3) is 0.600. The van der Waals surface area contributed by atoms with Gasteiger partial charge in [0.2, 0.25) is 10.0 Å². The quantitative estimate of drug-likeness (QED) is 0.828. The number of piperidine rings is 1. The molecular formula is C15H25N3O2S. The first kappa shape index (κ1) is 16.3. The summed E-state index contributed by atoms with van der Waals surface area (Å²) in [6.07, 6.45) is 2.00. The van der Waals surface area contributed by atoms with Crippen LogP contribution >= 0.6 is 0 Å². The van der Waals surface area contributed by atoms with Crippen LogP contribution in [0.4, 0.5) is 5.69 Å². The van der Waals surface area contributed by atoms with Gasteiger partial charge in [-0.3, -0.25) is 0 Å². The molecule has 6 heteroatoms. The van der Waals surface area contributed by atoms with Crippen LogP contribution in [0.2, 0.25) is 0 Å². The van der Waals surface area contributed by atoms with E-state index >= 15 is 0 Å². The molecule has 1 aromatic carbocycles. The average Bonchev–Trinajstić information content (AvgIpc) is 2.43.